The van der Waals surface area contributed by atoms with Gasteiger partial charge >= 0.3 is 0 Å². The maximum atomic E-state index is 12.8. The zero-order valence-electron chi connectivity index (χ0n) is 15.6. The Bertz CT molecular complexity index is 811. The number of rotatable bonds is 9. The number of ether oxygens (including phenoxy) is 1. The molecule has 0 atom stereocenters. The van der Waals surface area contributed by atoms with Gasteiger partial charge in [-0.2, -0.15) is 0 Å². The molecule has 0 bridgehead atoms. The summed E-state index contributed by atoms with van der Waals surface area (Å²) in [5, 5.41) is 0. The quantitative estimate of drug-likeness (QED) is 0.613. The van der Waals surface area contributed by atoms with Crippen molar-refractivity contribution in [3.05, 3.63) is 18.2 Å². The van der Waals surface area contributed by atoms with E-state index < -0.39 is 20.0 Å². The van der Waals surface area contributed by atoms with Crippen LogP contribution in [0.1, 0.15) is 20.8 Å². The third kappa shape index (κ3) is 6.27. The molecule has 0 fully saturated rings. The van der Waals surface area contributed by atoms with Crippen molar-refractivity contribution < 1.29 is 21.6 Å². The molecule has 0 amide bonds. The number of anilines is 1. The minimum Gasteiger partial charge on any atom is -0.495 e. The number of methoxy groups -OCH3 is 1. The average Bonchev–Trinajstić information content (AvgIpc) is 2.53. The molecule has 3 N–H and O–H groups in total. The molecule has 1 aromatic rings. The number of hydrogen-bond donors (Lipinski definition) is 2. The van der Waals surface area contributed by atoms with Crippen LogP contribution in [0, 0.1) is 5.41 Å². The standard InChI is InChI=1S/C15H27N3O5S2.ClH/c1-6-24(19,20)17-12-7-8-14(13(9-12)23-5)25(21,22)18(4)11-15(2,3)10-16;/h7-9,17H,6,10-11,16H2,1-5H3;1H. The highest BCUT2D eigenvalue weighted by Crippen LogP contribution is 2.30. The van der Waals surface area contributed by atoms with Crippen molar-refractivity contribution >= 4 is 38.1 Å². The summed E-state index contributed by atoms with van der Waals surface area (Å²) < 4.78 is 57.7. The molecule has 26 heavy (non-hydrogen) atoms. The molecule has 11 heteroatoms. The van der Waals surface area contributed by atoms with Gasteiger partial charge in [-0.15, -0.1) is 12.4 Å². The van der Waals surface area contributed by atoms with Crippen LogP contribution in [0.25, 0.3) is 0 Å². The second-order valence-corrected chi connectivity index (χ2v) is 10.5. The minimum absolute atomic E-state index is 0. The van der Waals surface area contributed by atoms with Crippen LogP contribution in [0.4, 0.5) is 5.69 Å². The Hall–Kier alpha value is -1.07. The summed E-state index contributed by atoms with van der Waals surface area (Å²) in [4.78, 5) is -0.0373. The van der Waals surface area contributed by atoms with Gasteiger partial charge < -0.3 is 10.5 Å². The van der Waals surface area contributed by atoms with Crippen molar-refractivity contribution in [3.8, 4) is 5.75 Å². The molecule has 1 rings (SSSR count). The van der Waals surface area contributed by atoms with Crippen molar-refractivity contribution in [2.75, 3.05) is 37.7 Å². The van der Waals surface area contributed by atoms with E-state index in [2.05, 4.69) is 4.72 Å². The van der Waals surface area contributed by atoms with Crippen LogP contribution in [0.15, 0.2) is 23.1 Å². The molecule has 0 saturated heterocycles. The van der Waals surface area contributed by atoms with Crippen LogP contribution in [0.2, 0.25) is 0 Å². The Labute approximate surface area is 162 Å². The van der Waals surface area contributed by atoms with Crippen molar-refractivity contribution in [2.24, 2.45) is 11.1 Å². The Morgan fingerprint density at radius 2 is 1.81 bits per heavy atom. The molecular formula is C15H28ClN3O5S2. The first-order chi connectivity index (χ1) is 11.4. The highest BCUT2D eigenvalue weighted by molar-refractivity contribution is 7.92. The Balaban J connectivity index is 0.00000625. The Morgan fingerprint density at radius 3 is 2.27 bits per heavy atom. The molecule has 0 saturated carbocycles. The van der Waals surface area contributed by atoms with Crippen molar-refractivity contribution in [3.63, 3.8) is 0 Å². The lowest BCUT2D eigenvalue weighted by atomic mass is 9.94. The second-order valence-electron chi connectivity index (χ2n) is 6.50. The normalized spacial score (nSPS) is 12.6. The van der Waals surface area contributed by atoms with Crippen LogP contribution in [-0.4, -0.2) is 54.1 Å². The van der Waals surface area contributed by atoms with Crippen LogP contribution in [0.3, 0.4) is 0 Å². The smallest absolute Gasteiger partial charge is 0.246 e. The summed E-state index contributed by atoms with van der Waals surface area (Å²) in [6, 6.07) is 4.07. The summed E-state index contributed by atoms with van der Waals surface area (Å²) in [5.41, 5.74) is 5.53. The molecule has 0 aliphatic heterocycles. The molecule has 1 aromatic carbocycles. The third-order valence-electron chi connectivity index (χ3n) is 3.71. The third-order valence-corrected chi connectivity index (χ3v) is 6.86. The van der Waals surface area contributed by atoms with Gasteiger partial charge in [0.25, 0.3) is 0 Å². The first-order valence-corrected chi connectivity index (χ1v) is 10.8. The van der Waals surface area contributed by atoms with E-state index in [-0.39, 0.29) is 46.5 Å². The van der Waals surface area contributed by atoms with Crippen LogP contribution < -0.4 is 15.2 Å². The molecule has 0 heterocycles. The number of nitrogens with two attached hydrogens (primary N) is 1. The summed E-state index contributed by atoms with van der Waals surface area (Å²) in [5.74, 6) is -0.0274. The summed E-state index contributed by atoms with van der Waals surface area (Å²) in [6.07, 6.45) is 0. The molecule has 152 valence electrons. The van der Waals surface area contributed by atoms with Crippen LogP contribution >= 0.6 is 12.4 Å². The number of sulfonamides is 2. The van der Waals surface area contributed by atoms with Crippen molar-refractivity contribution in [2.45, 2.75) is 25.7 Å². The largest absolute Gasteiger partial charge is 0.495 e. The predicted octanol–water partition coefficient (Wildman–Crippen LogP) is 1.48. The molecule has 8 nitrogen and oxygen atoms in total. The van der Waals surface area contributed by atoms with Crippen LogP contribution in [0.5, 0.6) is 5.75 Å². The van der Waals surface area contributed by atoms with E-state index in [0.717, 1.165) is 0 Å². The average molecular weight is 430 g/mol. The number of halogens is 1. The van der Waals surface area contributed by atoms with Gasteiger partial charge in [0.15, 0.2) is 0 Å². The Morgan fingerprint density at radius 1 is 1.23 bits per heavy atom. The molecule has 0 aliphatic carbocycles. The lowest BCUT2D eigenvalue weighted by molar-refractivity contribution is 0.291. The summed E-state index contributed by atoms with van der Waals surface area (Å²) in [7, 11) is -4.48. The zero-order valence-corrected chi connectivity index (χ0v) is 18.1. The van der Waals surface area contributed by atoms with E-state index in [1.165, 1.54) is 43.6 Å². The van der Waals surface area contributed by atoms with Crippen LogP contribution in [-0.2, 0) is 20.0 Å². The summed E-state index contributed by atoms with van der Waals surface area (Å²) >= 11 is 0. The van der Waals surface area contributed by atoms with Gasteiger partial charge in [-0.25, -0.2) is 21.1 Å². The zero-order chi connectivity index (χ0) is 19.5. The minimum atomic E-state index is -3.82. The fraction of sp³-hybridized carbons (Fsp3) is 0.600. The van der Waals surface area contributed by atoms with E-state index in [1.807, 2.05) is 13.8 Å². The topological polar surface area (TPSA) is 119 Å². The highest BCUT2D eigenvalue weighted by atomic mass is 35.5. The molecule has 0 spiro atoms. The van der Waals surface area contributed by atoms with Crippen molar-refractivity contribution in [1.29, 1.82) is 0 Å². The number of benzene rings is 1. The fourth-order valence-corrected chi connectivity index (χ4v) is 4.24. The Kier molecular flexibility index (Phi) is 8.85. The molecular weight excluding hydrogens is 402 g/mol. The monoisotopic (exact) mass is 429 g/mol. The van der Waals surface area contributed by atoms with Gasteiger partial charge in [0.1, 0.15) is 10.6 Å². The maximum absolute atomic E-state index is 12.8. The first kappa shape index (κ1) is 24.9. The van der Waals surface area contributed by atoms with Crippen molar-refractivity contribution in [1.82, 2.24) is 4.31 Å². The van der Waals surface area contributed by atoms with Gasteiger partial charge in [-0.3, -0.25) is 4.72 Å². The van der Waals surface area contributed by atoms with E-state index in [1.54, 1.807) is 0 Å². The first-order valence-electron chi connectivity index (χ1n) is 7.73. The van der Waals surface area contributed by atoms with E-state index in [4.69, 9.17) is 10.5 Å². The SMILES string of the molecule is CCS(=O)(=O)Nc1ccc(S(=O)(=O)N(C)CC(C)(C)CN)c(OC)c1.Cl. The lowest BCUT2D eigenvalue weighted by Crippen LogP contribution is -2.39. The predicted molar refractivity (Wildman–Crippen MR) is 106 cm³/mol. The molecule has 0 aliphatic rings. The van der Waals surface area contributed by atoms with E-state index >= 15 is 0 Å². The molecule has 0 radical (unpaired) electrons. The van der Waals surface area contributed by atoms with Gasteiger partial charge in [-0.05, 0) is 31.0 Å². The van der Waals surface area contributed by atoms with Gasteiger partial charge in [0, 0.05) is 19.7 Å². The van der Waals surface area contributed by atoms with Gasteiger partial charge in [0.05, 0.1) is 18.6 Å². The lowest BCUT2D eigenvalue weighted by Gasteiger charge is -2.28. The van der Waals surface area contributed by atoms with E-state index in [9.17, 15) is 16.8 Å². The number of nitrogens with zero attached hydrogens (tertiary/aromatic N) is 1. The highest BCUT2D eigenvalue weighted by Gasteiger charge is 2.29. The fourth-order valence-electron chi connectivity index (χ4n) is 2.12. The molecule has 0 aromatic heterocycles. The molecule has 0 unspecified atom stereocenters. The summed E-state index contributed by atoms with van der Waals surface area (Å²) in [6.45, 7) is 5.82. The number of nitrogens with one attached hydrogen (secondary N) is 1. The van der Waals surface area contributed by atoms with Gasteiger partial charge in [-0.1, -0.05) is 13.8 Å². The number of hydrogen-bond acceptors (Lipinski definition) is 6. The van der Waals surface area contributed by atoms with Gasteiger partial charge in [0.2, 0.25) is 20.0 Å². The second kappa shape index (κ2) is 9.23. The van der Waals surface area contributed by atoms with E-state index in [0.29, 0.717) is 6.54 Å². The maximum Gasteiger partial charge on any atom is 0.246 e.